The first-order valence-corrected chi connectivity index (χ1v) is 17.8. The molecule has 9 nitrogen and oxygen atoms in total. The van der Waals surface area contributed by atoms with E-state index in [0.29, 0.717) is 42.6 Å². The van der Waals surface area contributed by atoms with Gasteiger partial charge in [0.15, 0.2) is 5.13 Å². The second-order valence-corrected chi connectivity index (χ2v) is 13.4. The van der Waals surface area contributed by atoms with Gasteiger partial charge in [0.1, 0.15) is 10.9 Å². The number of aromatic nitrogens is 1. The minimum absolute atomic E-state index is 0.00779. The van der Waals surface area contributed by atoms with E-state index in [1.807, 2.05) is 36.4 Å². The summed E-state index contributed by atoms with van der Waals surface area (Å²) in [5.74, 6) is -1.83. The molecule has 0 aliphatic rings. The smallest absolute Gasteiger partial charge is 0.311 e. The van der Waals surface area contributed by atoms with Gasteiger partial charge in [0.2, 0.25) is 5.91 Å². The van der Waals surface area contributed by atoms with Crippen LogP contribution in [0, 0.1) is 0 Å². The summed E-state index contributed by atoms with van der Waals surface area (Å²) in [6.45, 7) is 2.00. The minimum Gasteiger partial charge on any atom is -0.466 e. The molecule has 3 N–H and O–H groups in total. The second kappa shape index (κ2) is 17.6. The largest absolute Gasteiger partial charge is 0.466 e. The fourth-order valence-corrected chi connectivity index (χ4v) is 6.90. The maximum absolute atomic E-state index is 13.7. The Bertz CT molecular complexity index is 2000. The van der Waals surface area contributed by atoms with Crippen molar-refractivity contribution in [3.05, 3.63) is 147 Å². The standard InChI is InChI=1S/C37H30Cl2N4O5S2/c1-2-48-32(44)20-26-22-49-37(41-26)43-36(47)33(23-11-5-3-6-12-23)50-27-16-9-15-25(19-27)40-35(46)31(21-28-29(38)17-10-18-30(28)39)42-34(45)24-13-7-4-8-14-24/h3-19,21-22,33H,2,20H2,1H3,(H,40,46)(H,42,45)(H,41,43,47)/b31-21+. The highest BCUT2D eigenvalue weighted by molar-refractivity contribution is 8.00. The Kier molecular flexibility index (Phi) is 12.8. The fraction of sp³-hybridized carbons (Fsp3) is 0.108. The molecule has 4 aromatic carbocycles. The molecule has 0 radical (unpaired) electrons. The molecule has 0 aliphatic heterocycles. The summed E-state index contributed by atoms with van der Waals surface area (Å²) >= 11 is 15.3. The van der Waals surface area contributed by atoms with E-state index in [9.17, 15) is 19.2 Å². The van der Waals surface area contributed by atoms with Crippen molar-refractivity contribution in [1.82, 2.24) is 10.3 Å². The Balaban J connectivity index is 1.36. The number of benzene rings is 4. The summed E-state index contributed by atoms with van der Waals surface area (Å²) in [5, 5.41) is 10.4. The molecule has 1 atom stereocenters. The molecule has 0 bridgehead atoms. The Morgan fingerprint density at radius 2 is 1.56 bits per heavy atom. The third kappa shape index (κ3) is 10.1. The van der Waals surface area contributed by atoms with E-state index in [1.165, 1.54) is 29.2 Å². The van der Waals surface area contributed by atoms with Gasteiger partial charge in [-0.1, -0.05) is 83.9 Å². The number of esters is 1. The van der Waals surface area contributed by atoms with Gasteiger partial charge in [-0.15, -0.1) is 23.1 Å². The number of carbonyl (C=O) groups is 4. The number of halogens is 2. The number of rotatable bonds is 13. The highest BCUT2D eigenvalue weighted by atomic mass is 35.5. The van der Waals surface area contributed by atoms with Crippen molar-refractivity contribution in [3.63, 3.8) is 0 Å². The lowest BCUT2D eigenvalue weighted by molar-refractivity contribution is -0.142. The molecule has 5 aromatic rings. The molecule has 13 heteroatoms. The number of hydrogen-bond acceptors (Lipinski definition) is 8. The highest BCUT2D eigenvalue weighted by Gasteiger charge is 2.24. The van der Waals surface area contributed by atoms with Crippen LogP contribution in [0.15, 0.2) is 119 Å². The molecule has 5 rings (SSSR count). The number of hydrogen-bond donors (Lipinski definition) is 3. The summed E-state index contributed by atoms with van der Waals surface area (Å²) in [6.07, 6.45) is 1.43. The van der Waals surface area contributed by atoms with Crippen LogP contribution in [-0.4, -0.2) is 35.3 Å². The third-order valence-corrected chi connectivity index (χ3v) is 9.63. The van der Waals surface area contributed by atoms with E-state index in [4.69, 9.17) is 27.9 Å². The lowest BCUT2D eigenvalue weighted by Gasteiger charge is -2.17. The number of thiazole rings is 1. The van der Waals surface area contributed by atoms with Crippen molar-refractivity contribution in [1.29, 1.82) is 0 Å². The predicted molar refractivity (Wildman–Crippen MR) is 200 cm³/mol. The molecule has 0 aliphatic carbocycles. The van der Waals surface area contributed by atoms with Gasteiger partial charge < -0.3 is 20.7 Å². The first-order valence-electron chi connectivity index (χ1n) is 15.3. The van der Waals surface area contributed by atoms with Crippen molar-refractivity contribution in [2.24, 2.45) is 0 Å². The van der Waals surface area contributed by atoms with Gasteiger partial charge in [0.05, 0.1) is 18.7 Å². The number of anilines is 2. The van der Waals surface area contributed by atoms with Crippen molar-refractivity contribution in [2.75, 3.05) is 17.2 Å². The van der Waals surface area contributed by atoms with E-state index in [2.05, 4.69) is 20.9 Å². The number of nitrogens with one attached hydrogen (secondary N) is 3. The Morgan fingerprint density at radius 1 is 0.880 bits per heavy atom. The summed E-state index contributed by atoms with van der Waals surface area (Å²) in [4.78, 5) is 57.4. The van der Waals surface area contributed by atoms with E-state index in [0.717, 1.165) is 5.56 Å². The summed E-state index contributed by atoms with van der Waals surface area (Å²) < 4.78 is 4.99. The predicted octanol–water partition coefficient (Wildman–Crippen LogP) is 8.44. The van der Waals surface area contributed by atoms with Gasteiger partial charge in [-0.3, -0.25) is 19.2 Å². The monoisotopic (exact) mass is 744 g/mol. The Hall–Kier alpha value is -4.94. The van der Waals surface area contributed by atoms with Gasteiger partial charge in [-0.05, 0) is 61.0 Å². The van der Waals surface area contributed by atoms with Crippen LogP contribution in [0.4, 0.5) is 10.8 Å². The van der Waals surface area contributed by atoms with Crippen molar-refractivity contribution < 1.29 is 23.9 Å². The fourth-order valence-electron chi connectivity index (χ4n) is 4.59. The second-order valence-electron chi connectivity index (χ2n) is 10.5. The van der Waals surface area contributed by atoms with Crippen LogP contribution in [-0.2, 0) is 25.5 Å². The molecule has 0 spiro atoms. The van der Waals surface area contributed by atoms with Gasteiger partial charge >= 0.3 is 5.97 Å². The van der Waals surface area contributed by atoms with Gasteiger partial charge in [-0.25, -0.2) is 4.98 Å². The van der Waals surface area contributed by atoms with Gasteiger partial charge in [0, 0.05) is 37.1 Å². The SMILES string of the molecule is CCOC(=O)Cc1csc(NC(=O)C(Sc2cccc(NC(=O)/C(=C\c3c(Cl)cccc3Cl)NC(=O)c3ccccc3)c2)c2ccccc2)n1. The number of nitrogens with zero attached hydrogens (tertiary/aromatic N) is 1. The molecule has 254 valence electrons. The molecular formula is C37H30Cl2N4O5S2. The van der Waals surface area contributed by atoms with Crippen LogP contribution in [0.5, 0.6) is 0 Å². The molecule has 1 unspecified atom stereocenters. The zero-order valence-corrected chi connectivity index (χ0v) is 29.7. The Morgan fingerprint density at radius 3 is 2.26 bits per heavy atom. The lowest BCUT2D eigenvalue weighted by atomic mass is 10.1. The zero-order chi connectivity index (χ0) is 35.5. The van der Waals surface area contributed by atoms with Crippen molar-refractivity contribution in [2.45, 2.75) is 23.5 Å². The third-order valence-electron chi connectivity index (χ3n) is 6.92. The first kappa shape index (κ1) is 36.3. The number of ether oxygens (including phenoxy) is 1. The maximum Gasteiger partial charge on any atom is 0.311 e. The van der Waals surface area contributed by atoms with Crippen molar-refractivity contribution in [3.8, 4) is 0 Å². The molecule has 0 saturated heterocycles. The lowest BCUT2D eigenvalue weighted by Crippen LogP contribution is -2.30. The molecule has 3 amide bonds. The van der Waals surface area contributed by atoms with Gasteiger partial charge in [0.25, 0.3) is 11.8 Å². The molecule has 50 heavy (non-hydrogen) atoms. The topological polar surface area (TPSA) is 126 Å². The number of carbonyl (C=O) groups excluding carboxylic acids is 4. The van der Waals surface area contributed by atoms with Crippen LogP contribution in [0.3, 0.4) is 0 Å². The first-order chi connectivity index (χ1) is 24.2. The minimum atomic E-state index is -0.692. The van der Waals surface area contributed by atoms with E-state index in [1.54, 1.807) is 79.0 Å². The van der Waals surface area contributed by atoms with Crippen LogP contribution in [0.2, 0.25) is 10.0 Å². The van der Waals surface area contributed by atoms with Crippen molar-refractivity contribution >= 4 is 86.9 Å². The average Bonchev–Trinajstić information content (AvgIpc) is 3.55. The van der Waals surface area contributed by atoms with Crippen LogP contribution in [0.25, 0.3) is 6.08 Å². The van der Waals surface area contributed by atoms with Crippen LogP contribution < -0.4 is 16.0 Å². The molecule has 0 saturated carbocycles. The van der Waals surface area contributed by atoms with E-state index < -0.39 is 23.0 Å². The molecule has 0 fully saturated rings. The van der Waals surface area contributed by atoms with Gasteiger partial charge in [-0.2, -0.15) is 0 Å². The Labute approximate surface area is 307 Å². The molecular weight excluding hydrogens is 715 g/mol. The highest BCUT2D eigenvalue weighted by Crippen LogP contribution is 2.37. The molecule has 1 aromatic heterocycles. The maximum atomic E-state index is 13.7. The van der Waals surface area contributed by atoms with Crippen LogP contribution in [0.1, 0.15) is 39.4 Å². The normalized spacial score (nSPS) is 11.7. The average molecular weight is 746 g/mol. The number of thioether (sulfide) groups is 1. The number of amides is 3. The zero-order valence-electron chi connectivity index (χ0n) is 26.5. The summed E-state index contributed by atoms with van der Waals surface area (Å²) in [7, 11) is 0. The molecule has 1 heterocycles. The quantitative estimate of drug-likeness (QED) is 0.0628. The van der Waals surface area contributed by atoms with E-state index in [-0.39, 0.29) is 24.6 Å². The summed E-state index contributed by atoms with van der Waals surface area (Å²) in [6, 6.07) is 29.7. The van der Waals surface area contributed by atoms with E-state index >= 15 is 0 Å². The van der Waals surface area contributed by atoms with Crippen LogP contribution >= 0.6 is 46.3 Å². The summed E-state index contributed by atoms with van der Waals surface area (Å²) in [5.41, 5.74) is 2.30.